The summed E-state index contributed by atoms with van der Waals surface area (Å²) < 4.78 is 39.9. The van der Waals surface area contributed by atoms with Gasteiger partial charge in [-0.05, 0) is 42.3 Å². The zero-order valence-electron chi connectivity index (χ0n) is 20.5. The van der Waals surface area contributed by atoms with Crippen molar-refractivity contribution in [2.45, 2.75) is 31.6 Å². The Hall–Kier alpha value is -4.67. The number of aromatic nitrogens is 2. The smallest absolute Gasteiger partial charge is 0.416 e. The minimum atomic E-state index is -4.45. The molecule has 1 aliphatic carbocycles. The zero-order valence-corrected chi connectivity index (χ0v) is 20.5. The summed E-state index contributed by atoms with van der Waals surface area (Å²) in [5, 5.41) is 19.2. The number of amides is 2. The Balaban J connectivity index is 1.37. The van der Waals surface area contributed by atoms with Gasteiger partial charge in [0.25, 0.3) is 5.56 Å². The Kier molecular flexibility index (Phi) is 7.05. The third kappa shape index (κ3) is 5.77. The SMILES string of the molecule is O=C(Nc1ccc(=O)n(Cc2ccc(C(F)(F)F)cc2)c1)N1N=C(c2cccnc2)CC1C1CC=CC=C1O. The monoisotopic (exact) mass is 535 g/mol. The molecule has 0 fully saturated rings. The number of urea groups is 1. The van der Waals surface area contributed by atoms with Gasteiger partial charge in [-0.2, -0.15) is 18.3 Å². The summed E-state index contributed by atoms with van der Waals surface area (Å²) >= 11 is 0. The number of allylic oxidation sites excluding steroid dienone is 3. The van der Waals surface area contributed by atoms with E-state index in [4.69, 9.17) is 0 Å². The first kappa shape index (κ1) is 26.0. The van der Waals surface area contributed by atoms with Crippen LogP contribution in [0.25, 0.3) is 0 Å². The van der Waals surface area contributed by atoms with E-state index in [1.165, 1.54) is 40.0 Å². The Morgan fingerprint density at radius 2 is 1.92 bits per heavy atom. The van der Waals surface area contributed by atoms with Crippen LogP contribution in [-0.2, 0) is 12.7 Å². The van der Waals surface area contributed by atoms with Gasteiger partial charge in [-0.1, -0.05) is 30.4 Å². The lowest BCUT2D eigenvalue weighted by Gasteiger charge is -2.29. The van der Waals surface area contributed by atoms with E-state index in [-0.39, 0.29) is 23.8 Å². The Morgan fingerprint density at radius 3 is 2.62 bits per heavy atom. The van der Waals surface area contributed by atoms with Crippen LogP contribution in [0.1, 0.15) is 29.5 Å². The number of halogens is 3. The molecular weight excluding hydrogens is 511 g/mol. The maximum Gasteiger partial charge on any atom is 0.416 e. The number of nitrogens with one attached hydrogen (secondary N) is 1. The maximum absolute atomic E-state index is 13.4. The summed E-state index contributed by atoms with van der Waals surface area (Å²) in [5.74, 6) is -0.194. The molecule has 2 amide bonds. The number of hydrogen-bond donors (Lipinski definition) is 2. The van der Waals surface area contributed by atoms with Gasteiger partial charge in [0.15, 0.2) is 0 Å². The molecular formula is C28H24F3N5O3. The second-order valence-electron chi connectivity index (χ2n) is 9.28. The molecule has 0 saturated heterocycles. The average Bonchev–Trinajstić information content (AvgIpc) is 3.37. The largest absolute Gasteiger partial charge is 0.512 e. The Morgan fingerprint density at radius 1 is 1.13 bits per heavy atom. The molecule has 11 heteroatoms. The Bertz CT molecular complexity index is 1510. The van der Waals surface area contributed by atoms with Crippen molar-refractivity contribution >= 4 is 17.4 Å². The van der Waals surface area contributed by atoms with Crippen LogP contribution < -0.4 is 10.9 Å². The molecule has 8 nitrogen and oxygen atoms in total. The van der Waals surface area contributed by atoms with Crippen LogP contribution in [0.3, 0.4) is 0 Å². The van der Waals surface area contributed by atoms with Gasteiger partial charge in [-0.25, -0.2) is 9.80 Å². The van der Waals surface area contributed by atoms with Crippen LogP contribution in [-0.4, -0.2) is 37.5 Å². The average molecular weight is 536 g/mol. The summed E-state index contributed by atoms with van der Waals surface area (Å²) in [6, 6.07) is 9.86. The van der Waals surface area contributed by atoms with Crippen LogP contribution in [0.5, 0.6) is 0 Å². The van der Waals surface area contributed by atoms with Gasteiger partial charge in [0.2, 0.25) is 0 Å². The fourth-order valence-electron chi connectivity index (χ4n) is 4.64. The quantitative estimate of drug-likeness (QED) is 0.461. The number of aliphatic hydroxyl groups is 1. The van der Waals surface area contributed by atoms with Crippen LogP contribution in [0.4, 0.5) is 23.7 Å². The van der Waals surface area contributed by atoms with Gasteiger partial charge in [-0.15, -0.1) is 0 Å². The first-order chi connectivity index (χ1) is 18.7. The maximum atomic E-state index is 13.4. The van der Waals surface area contributed by atoms with Crippen molar-refractivity contribution < 1.29 is 23.1 Å². The van der Waals surface area contributed by atoms with Gasteiger partial charge < -0.3 is 15.0 Å². The van der Waals surface area contributed by atoms with Crippen LogP contribution in [0, 0.1) is 5.92 Å². The molecule has 1 aromatic carbocycles. The lowest BCUT2D eigenvalue weighted by molar-refractivity contribution is -0.137. The molecule has 3 aromatic rings. The van der Waals surface area contributed by atoms with E-state index in [1.54, 1.807) is 30.6 Å². The highest BCUT2D eigenvalue weighted by atomic mass is 19.4. The molecule has 2 aliphatic rings. The van der Waals surface area contributed by atoms with Gasteiger partial charge in [0.1, 0.15) is 0 Å². The van der Waals surface area contributed by atoms with Gasteiger partial charge in [0.05, 0.1) is 35.3 Å². The highest BCUT2D eigenvalue weighted by Gasteiger charge is 2.39. The predicted octanol–water partition coefficient (Wildman–Crippen LogP) is 5.34. The number of benzene rings is 1. The first-order valence-corrected chi connectivity index (χ1v) is 12.2. The topological polar surface area (TPSA) is 99.8 Å². The van der Waals surface area contributed by atoms with Gasteiger partial charge in [0, 0.05) is 42.6 Å². The summed E-state index contributed by atoms with van der Waals surface area (Å²) in [7, 11) is 0. The molecule has 0 saturated carbocycles. The minimum Gasteiger partial charge on any atom is -0.512 e. The number of aliphatic hydroxyl groups excluding tert-OH is 1. The molecule has 2 atom stereocenters. The van der Waals surface area contributed by atoms with Gasteiger partial charge >= 0.3 is 12.2 Å². The Labute approximate surface area is 221 Å². The van der Waals surface area contributed by atoms with Crippen molar-refractivity contribution in [3.8, 4) is 0 Å². The molecule has 0 bridgehead atoms. The summed E-state index contributed by atoms with van der Waals surface area (Å²) in [6.07, 6.45) is 6.49. The lowest BCUT2D eigenvalue weighted by Crippen LogP contribution is -2.41. The number of carbonyl (C=O) groups is 1. The number of nitrogens with zero attached hydrogens (tertiary/aromatic N) is 4. The molecule has 200 valence electrons. The highest BCUT2D eigenvalue weighted by Crippen LogP contribution is 2.33. The molecule has 3 heterocycles. The number of hydrazone groups is 1. The fraction of sp³-hybridized carbons (Fsp3) is 0.214. The van der Waals surface area contributed by atoms with E-state index in [1.807, 2.05) is 12.1 Å². The normalized spacial score (nSPS) is 19.0. The van der Waals surface area contributed by atoms with Crippen LogP contribution >= 0.6 is 0 Å². The van der Waals surface area contributed by atoms with Crippen LogP contribution in [0.15, 0.2) is 101 Å². The summed E-state index contributed by atoms with van der Waals surface area (Å²) in [6.45, 7) is 0.0173. The fourth-order valence-corrected chi connectivity index (χ4v) is 4.64. The van der Waals surface area contributed by atoms with E-state index >= 15 is 0 Å². The molecule has 1 aliphatic heterocycles. The van der Waals surface area contributed by atoms with E-state index < -0.39 is 23.8 Å². The molecule has 2 N–H and O–H groups in total. The lowest BCUT2D eigenvalue weighted by atomic mass is 9.87. The van der Waals surface area contributed by atoms with Gasteiger partial charge in [-0.3, -0.25) is 9.78 Å². The van der Waals surface area contributed by atoms with E-state index in [2.05, 4.69) is 15.4 Å². The van der Waals surface area contributed by atoms with E-state index in [9.17, 15) is 27.9 Å². The third-order valence-corrected chi connectivity index (χ3v) is 6.65. The first-order valence-electron chi connectivity index (χ1n) is 12.2. The second kappa shape index (κ2) is 10.6. The number of rotatable bonds is 5. The predicted molar refractivity (Wildman–Crippen MR) is 139 cm³/mol. The number of carbonyl (C=O) groups excluding carboxylic acids is 1. The number of alkyl halides is 3. The van der Waals surface area contributed by atoms with E-state index in [0.717, 1.165) is 17.7 Å². The van der Waals surface area contributed by atoms with Crippen molar-refractivity contribution in [1.82, 2.24) is 14.6 Å². The zero-order chi connectivity index (χ0) is 27.6. The second-order valence-corrected chi connectivity index (χ2v) is 9.28. The third-order valence-electron chi connectivity index (χ3n) is 6.65. The van der Waals surface area contributed by atoms with Crippen LogP contribution in [0.2, 0.25) is 0 Å². The molecule has 2 unspecified atom stereocenters. The van der Waals surface area contributed by atoms with Crippen molar-refractivity contribution in [3.63, 3.8) is 0 Å². The van der Waals surface area contributed by atoms with Crippen molar-refractivity contribution in [2.75, 3.05) is 5.32 Å². The minimum absolute atomic E-state index is 0.0173. The highest BCUT2D eigenvalue weighted by molar-refractivity contribution is 6.03. The van der Waals surface area contributed by atoms with Crippen molar-refractivity contribution in [3.05, 3.63) is 118 Å². The number of anilines is 1. The molecule has 5 rings (SSSR count). The molecule has 39 heavy (non-hydrogen) atoms. The standard InChI is InChI=1S/C28H24F3N5O3/c29-28(30,31)20-9-7-18(8-10-20)16-35-17-21(11-12-26(35)38)33-27(39)36-24(22-5-1-2-6-25(22)37)14-23(34-36)19-4-3-13-32-15-19/h1-4,6-13,15,17,22,24,37H,5,14,16H2,(H,33,39). The van der Waals surface area contributed by atoms with E-state index in [0.29, 0.717) is 29.8 Å². The summed E-state index contributed by atoms with van der Waals surface area (Å²) in [5.41, 5.74) is 1.05. The number of pyridine rings is 2. The molecule has 0 spiro atoms. The van der Waals surface area contributed by atoms with Crippen molar-refractivity contribution in [1.29, 1.82) is 0 Å². The summed E-state index contributed by atoms with van der Waals surface area (Å²) in [4.78, 5) is 30.0. The molecule has 0 radical (unpaired) electrons. The van der Waals surface area contributed by atoms with Crippen molar-refractivity contribution in [2.24, 2.45) is 11.0 Å². The molecule has 2 aromatic heterocycles. The number of hydrogen-bond acceptors (Lipinski definition) is 5.